The maximum Gasteiger partial charge on any atom is 0.229 e. The summed E-state index contributed by atoms with van der Waals surface area (Å²) in [6, 6.07) is 7.98. The van der Waals surface area contributed by atoms with Crippen LogP contribution in [0.5, 0.6) is 0 Å². The zero-order valence-electron chi connectivity index (χ0n) is 16.8. The lowest BCUT2D eigenvalue weighted by atomic mass is 9.91. The Balaban J connectivity index is 1.97. The van der Waals surface area contributed by atoms with Crippen molar-refractivity contribution in [1.29, 1.82) is 0 Å². The fourth-order valence-corrected chi connectivity index (χ4v) is 3.44. The molecule has 0 bridgehead atoms. The molecule has 2 amide bonds. The van der Waals surface area contributed by atoms with Gasteiger partial charge >= 0.3 is 0 Å². The Bertz CT molecular complexity index is 615. The van der Waals surface area contributed by atoms with E-state index >= 15 is 0 Å². The third-order valence-corrected chi connectivity index (χ3v) is 4.98. The molecule has 1 aromatic carbocycles. The predicted octanol–water partition coefficient (Wildman–Crippen LogP) is 3.76. The summed E-state index contributed by atoms with van der Waals surface area (Å²) < 4.78 is 0. The minimum absolute atomic E-state index is 0.00648. The summed E-state index contributed by atoms with van der Waals surface area (Å²) in [6.45, 7) is 13.2. The number of anilines is 2. The van der Waals surface area contributed by atoms with Gasteiger partial charge in [0.15, 0.2) is 0 Å². The van der Waals surface area contributed by atoms with Crippen LogP contribution in [0.1, 0.15) is 47.5 Å². The van der Waals surface area contributed by atoms with Gasteiger partial charge in [-0.25, -0.2) is 0 Å². The number of likely N-dealkylation sites (tertiary alicyclic amines) is 1. The van der Waals surface area contributed by atoms with Gasteiger partial charge in [0.25, 0.3) is 0 Å². The number of benzene rings is 1. The first-order valence-corrected chi connectivity index (χ1v) is 9.71. The van der Waals surface area contributed by atoms with Gasteiger partial charge in [-0.3, -0.25) is 9.59 Å². The molecule has 1 aliphatic rings. The van der Waals surface area contributed by atoms with Crippen molar-refractivity contribution in [1.82, 2.24) is 4.90 Å². The Labute approximate surface area is 157 Å². The van der Waals surface area contributed by atoms with Crippen LogP contribution in [0.2, 0.25) is 0 Å². The van der Waals surface area contributed by atoms with E-state index in [1.54, 1.807) is 0 Å². The standard InChI is InChI=1S/C21H33N3O2/c1-6-23(7-2)18-12-10-17(11-13-18)22-19(25)16-9-8-14-24(15-16)20(26)21(3,4)5/h10-13,16H,6-9,14-15H2,1-5H3,(H,22,25). The second-order valence-corrected chi connectivity index (χ2v) is 8.05. The molecule has 26 heavy (non-hydrogen) atoms. The Hall–Kier alpha value is -2.04. The molecule has 5 nitrogen and oxygen atoms in total. The van der Waals surface area contributed by atoms with Crippen LogP contribution in [0, 0.1) is 11.3 Å². The van der Waals surface area contributed by atoms with Crippen molar-refractivity contribution in [3.63, 3.8) is 0 Å². The molecule has 1 N–H and O–H groups in total. The first-order chi connectivity index (χ1) is 12.3. The quantitative estimate of drug-likeness (QED) is 0.871. The molecular weight excluding hydrogens is 326 g/mol. The second kappa shape index (κ2) is 8.56. The number of nitrogens with one attached hydrogen (secondary N) is 1. The lowest BCUT2D eigenvalue weighted by molar-refractivity contribution is -0.142. The molecular formula is C21H33N3O2. The van der Waals surface area contributed by atoms with Crippen LogP contribution < -0.4 is 10.2 Å². The van der Waals surface area contributed by atoms with Gasteiger partial charge in [0, 0.05) is 43.0 Å². The van der Waals surface area contributed by atoms with E-state index in [9.17, 15) is 9.59 Å². The van der Waals surface area contributed by atoms with Crippen molar-refractivity contribution < 1.29 is 9.59 Å². The highest BCUT2D eigenvalue weighted by Crippen LogP contribution is 2.25. The molecule has 1 atom stereocenters. The molecule has 0 aromatic heterocycles. The lowest BCUT2D eigenvalue weighted by Crippen LogP contribution is -2.47. The predicted molar refractivity (Wildman–Crippen MR) is 107 cm³/mol. The zero-order chi connectivity index (χ0) is 19.3. The first kappa shape index (κ1) is 20.3. The summed E-state index contributed by atoms with van der Waals surface area (Å²) in [7, 11) is 0. The largest absolute Gasteiger partial charge is 0.372 e. The summed E-state index contributed by atoms with van der Waals surface area (Å²) >= 11 is 0. The molecule has 1 heterocycles. The minimum Gasteiger partial charge on any atom is -0.372 e. The number of hydrogen-bond acceptors (Lipinski definition) is 3. The minimum atomic E-state index is -0.404. The third kappa shape index (κ3) is 4.99. The van der Waals surface area contributed by atoms with E-state index in [0.29, 0.717) is 6.54 Å². The van der Waals surface area contributed by atoms with Crippen LogP contribution in [0.15, 0.2) is 24.3 Å². The highest BCUT2D eigenvalue weighted by Gasteiger charge is 2.33. The van der Waals surface area contributed by atoms with Crippen LogP contribution in [-0.4, -0.2) is 42.9 Å². The summed E-state index contributed by atoms with van der Waals surface area (Å²) in [5.74, 6) is -0.0110. The Morgan fingerprint density at radius 2 is 1.77 bits per heavy atom. The van der Waals surface area contributed by atoms with Crippen LogP contribution in [0.4, 0.5) is 11.4 Å². The topological polar surface area (TPSA) is 52.7 Å². The van der Waals surface area contributed by atoms with Gasteiger partial charge in [-0.05, 0) is 51.0 Å². The van der Waals surface area contributed by atoms with Crippen molar-refractivity contribution in [2.45, 2.75) is 47.5 Å². The Kier molecular flexibility index (Phi) is 6.68. The van der Waals surface area contributed by atoms with Gasteiger partial charge in [0.05, 0.1) is 5.92 Å². The van der Waals surface area contributed by atoms with Crippen molar-refractivity contribution in [3.8, 4) is 0 Å². The van der Waals surface area contributed by atoms with E-state index in [2.05, 4.69) is 24.1 Å². The molecule has 0 aliphatic carbocycles. The summed E-state index contributed by atoms with van der Waals surface area (Å²) in [6.07, 6.45) is 1.71. The SMILES string of the molecule is CCN(CC)c1ccc(NC(=O)C2CCCN(C(=O)C(C)(C)C)C2)cc1. The smallest absolute Gasteiger partial charge is 0.229 e. The second-order valence-electron chi connectivity index (χ2n) is 8.05. The fraction of sp³-hybridized carbons (Fsp3) is 0.619. The first-order valence-electron chi connectivity index (χ1n) is 9.71. The molecule has 0 spiro atoms. The van der Waals surface area contributed by atoms with E-state index in [4.69, 9.17) is 0 Å². The summed E-state index contributed by atoms with van der Waals surface area (Å²) in [4.78, 5) is 29.3. The molecule has 144 valence electrons. The number of nitrogens with zero attached hydrogens (tertiary/aromatic N) is 2. The summed E-state index contributed by atoms with van der Waals surface area (Å²) in [5.41, 5.74) is 1.57. The van der Waals surface area contributed by atoms with E-state index in [1.807, 2.05) is 49.9 Å². The van der Waals surface area contributed by atoms with Crippen molar-refractivity contribution >= 4 is 23.2 Å². The van der Waals surface area contributed by atoms with Crippen molar-refractivity contribution in [2.24, 2.45) is 11.3 Å². The molecule has 5 heteroatoms. The monoisotopic (exact) mass is 359 g/mol. The highest BCUT2D eigenvalue weighted by molar-refractivity contribution is 5.93. The lowest BCUT2D eigenvalue weighted by Gasteiger charge is -2.35. The maximum absolute atomic E-state index is 12.7. The Morgan fingerprint density at radius 3 is 2.31 bits per heavy atom. The van der Waals surface area contributed by atoms with Crippen molar-refractivity contribution in [2.75, 3.05) is 36.4 Å². The molecule has 1 saturated heterocycles. The van der Waals surface area contributed by atoms with Gasteiger partial charge in [-0.2, -0.15) is 0 Å². The van der Waals surface area contributed by atoms with Gasteiger partial charge in [-0.1, -0.05) is 20.8 Å². The number of carbonyl (C=O) groups excluding carboxylic acids is 2. The molecule has 1 unspecified atom stereocenters. The fourth-order valence-electron chi connectivity index (χ4n) is 3.44. The summed E-state index contributed by atoms with van der Waals surface area (Å²) in [5, 5.41) is 3.02. The number of piperidine rings is 1. The Morgan fingerprint density at radius 1 is 1.15 bits per heavy atom. The van der Waals surface area contributed by atoms with E-state index in [-0.39, 0.29) is 17.7 Å². The zero-order valence-corrected chi connectivity index (χ0v) is 16.8. The van der Waals surface area contributed by atoms with Gasteiger partial charge in [0.1, 0.15) is 0 Å². The molecule has 2 rings (SSSR count). The molecule has 1 fully saturated rings. The number of rotatable bonds is 5. The van der Waals surface area contributed by atoms with E-state index in [1.165, 1.54) is 0 Å². The highest BCUT2D eigenvalue weighted by atomic mass is 16.2. The normalized spacial score (nSPS) is 17.7. The van der Waals surface area contributed by atoms with Gasteiger partial charge < -0.3 is 15.1 Å². The number of amides is 2. The third-order valence-electron chi connectivity index (χ3n) is 4.98. The van der Waals surface area contributed by atoms with Crippen molar-refractivity contribution in [3.05, 3.63) is 24.3 Å². The average Bonchev–Trinajstić information content (AvgIpc) is 2.62. The van der Waals surface area contributed by atoms with Crippen LogP contribution in [0.3, 0.4) is 0 Å². The van der Waals surface area contributed by atoms with Gasteiger partial charge in [-0.15, -0.1) is 0 Å². The number of hydrogen-bond donors (Lipinski definition) is 1. The van der Waals surface area contributed by atoms with Crippen LogP contribution in [0.25, 0.3) is 0 Å². The molecule has 0 saturated carbocycles. The molecule has 0 radical (unpaired) electrons. The molecule has 1 aromatic rings. The molecule has 1 aliphatic heterocycles. The van der Waals surface area contributed by atoms with Gasteiger partial charge in [0.2, 0.25) is 11.8 Å². The average molecular weight is 360 g/mol. The van der Waals surface area contributed by atoms with E-state index in [0.717, 1.165) is 43.9 Å². The van der Waals surface area contributed by atoms with Crippen LogP contribution >= 0.6 is 0 Å². The maximum atomic E-state index is 12.7. The van der Waals surface area contributed by atoms with Crippen LogP contribution in [-0.2, 0) is 9.59 Å². The van der Waals surface area contributed by atoms with E-state index < -0.39 is 5.41 Å². The number of carbonyl (C=O) groups is 2.